The van der Waals surface area contributed by atoms with Gasteiger partial charge in [-0.3, -0.25) is 0 Å². The Hall–Kier alpha value is 0.337. The molecule has 0 aromatic carbocycles. The van der Waals surface area contributed by atoms with Gasteiger partial charge in [-0.05, 0) is 26.7 Å². The largest absolute Gasteiger partial charge is 1.00 e. The quantitative estimate of drug-likeness (QED) is 0.309. The summed E-state index contributed by atoms with van der Waals surface area (Å²) < 4.78 is 0. The molecule has 0 aliphatic carbocycles. The summed E-state index contributed by atoms with van der Waals surface area (Å²) in [6.45, 7) is 10.4. The first-order valence-corrected chi connectivity index (χ1v) is 4.09. The Morgan fingerprint density at radius 3 is 2.36 bits per heavy atom. The zero-order valence-electron chi connectivity index (χ0n) is 8.48. The number of hydrogen-bond acceptors (Lipinski definition) is 0. The Bertz CT molecular complexity index is 101. The minimum atomic E-state index is 0. The van der Waals surface area contributed by atoms with Gasteiger partial charge < -0.3 is 6.92 Å². The molecular formula is C10H19Li. The third-order valence-electron chi connectivity index (χ3n) is 1.70. The molecule has 0 radical (unpaired) electrons. The van der Waals surface area contributed by atoms with Gasteiger partial charge in [-0.25, -0.2) is 0 Å². The van der Waals surface area contributed by atoms with E-state index in [0.717, 1.165) is 12.3 Å². The summed E-state index contributed by atoms with van der Waals surface area (Å²) in [5, 5.41) is 0. The van der Waals surface area contributed by atoms with E-state index < -0.39 is 0 Å². The van der Waals surface area contributed by atoms with Crippen LogP contribution in [0.3, 0.4) is 0 Å². The van der Waals surface area contributed by atoms with Gasteiger partial charge in [-0.15, -0.1) is 0 Å². The van der Waals surface area contributed by atoms with Crippen LogP contribution in [0.15, 0.2) is 11.6 Å². The molecule has 0 rings (SSSR count). The first kappa shape index (κ1) is 13.9. The van der Waals surface area contributed by atoms with Crippen LogP contribution in [0.1, 0.15) is 40.0 Å². The van der Waals surface area contributed by atoms with Gasteiger partial charge in [-0.2, -0.15) is 6.42 Å². The minimum absolute atomic E-state index is 0. The summed E-state index contributed by atoms with van der Waals surface area (Å²) in [7, 11) is 0. The maximum atomic E-state index is 3.86. The molecule has 0 fully saturated rings. The molecule has 0 bridgehead atoms. The number of rotatable bonds is 4. The van der Waals surface area contributed by atoms with Crippen molar-refractivity contribution in [1.29, 1.82) is 0 Å². The van der Waals surface area contributed by atoms with E-state index in [9.17, 15) is 0 Å². The van der Waals surface area contributed by atoms with E-state index in [1.807, 2.05) is 0 Å². The third kappa shape index (κ3) is 10.3. The molecular weight excluding hydrogens is 127 g/mol. The van der Waals surface area contributed by atoms with Crippen molar-refractivity contribution in [3.8, 4) is 0 Å². The molecule has 0 aromatic rings. The summed E-state index contributed by atoms with van der Waals surface area (Å²) in [6.07, 6.45) is 5.87. The Morgan fingerprint density at radius 2 is 2.00 bits per heavy atom. The van der Waals surface area contributed by atoms with Gasteiger partial charge in [0, 0.05) is 0 Å². The van der Waals surface area contributed by atoms with E-state index >= 15 is 0 Å². The summed E-state index contributed by atoms with van der Waals surface area (Å²) in [5.41, 5.74) is 1.43. The molecule has 0 amide bonds. The molecule has 0 heterocycles. The normalized spacial score (nSPS) is 11.6. The van der Waals surface area contributed by atoms with Gasteiger partial charge in [-0.1, -0.05) is 24.5 Å². The molecule has 0 N–H and O–H groups in total. The van der Waals surface area contributed by atoms with Gasteiger partial charge in [0.15, 0.2) is 0 Å². The van der Waals surface area contributed by atoms with Gasteiger partial charge >= 0.3 is 18.9 Å². The van der Waals surface area contributed by atoms with E-state index in [0.29, 0.717) is 0 Å². The molecule has 0 saturated heterocycles. The first-order chi connectivity index (χ1) is 4.66. The van der Waals surface area contributed by atoms with Crippen LogP contribution in [0.2, 0.25) is 0 Å². The standard InChI is InChI=1S/C10H19.Li/c1-5-10(4)8-6-7-9(2)3;/h7,10H,1,5-6,8H2,2-4H3;/q-1;+1/t10-;/m0./s1. The predicted octanol–water partition coefficient (Wildman–Crippen LogP) is 0.597. The summed E-state index contributed by atoms with van der Waals surface area (Å²) in [5.74, 6) is 0.788. The Kier molecular flexibility index (Phi) is 10.7. The van der Waals surface area contributed by atoms with Gasteiger partial charge in [0.2, 0.25) is 0 Å². The van der Waals surface area contributed by atoms with E-state index in [2.05, 4.69) is 33.8 Å². The summed E-state index contributed by atoms with van der Waals surface area (Å²) in [4.78, 5) is 0. The molecule has 1 atom stereocenters. The van der Waals surface area contributed by atoms with E-state index in [1.165, 1.54) is 18.4 Å². The molecule has 0 spiro atoms. The van der Waals surface area contributed by atoms with Crippen molar-refractivity contribution in [2.45, 2.75) is 40.0 Å². The van der Waals surface area contributed by atoms with E-state index in [4.69, 9.17) is 0 Å². The zero-order valence-corrected chi connectivity index (χ0v) is 8.48. The number of allylic oxidation sites excluding steroid dienone is 2. The van der Waals surface area contributed by atoms with Crippen molar-refractivity contribution < 1.29 is 18.9 Å². The molecule has 0 unspecified atom stereocenters. The SMILES string of the molecule is [CH2-]C[C@H](C)CCC=C(C)C.[Li+]. The maximum Gasteiger partial charge on any atom is 1.00 e. The second-order valence-corrected chi connectivity index (χ2v) is 3.25. The van der Waals surface area contributed by atoms with Crippen LogP contribution in [-0.2, 0) is 0 Å². The molecule has 0 aliphatic heterocycles. The Balaban J connectivity index is 0. The van der Waals surface area contributed by atoms with Crippen LogP contribution in [0.5, 0.6) is 0 Å². The maximum absolute atomic E-state index is 3.86. The van der Waals surface area contributed by atoms with Gasteiger partial charge in [0.1, 0.15) is 0 Å². The topological polar surface area (TPSA) is 0 Å². The molecule has 0 aromatic heterocycles. The van der Waals surface area contributed by atoms with E-state index in [-0.39, 0.29) is 18.9 Å². The Morgan fingerprint density at radius 1 is 1.45 bits per heavy atom. The predicted molar refractivity (Wildman–Crippen MR) is 47.8 cm³/mol. The zero-order chi connectivity index (χ0) is 7.98. The minimum Gasteiger partial charge on any atom is -0.343 e. The van der Waals surface area contributed by atoms with Crippen molar-refractivity contribution >= 4 is 0 Å². The molecule has 0 saturated carbocycles. The molecule has 11 heavy (non-hydrogen) atoms. The van der Waals surface area contributed by atoms with Crippen LogP contribution in [-0.4, -0.2) is 0 Å². The van der Waals surface area contributed by atoms with Crippen LogP contribution in [0.4, 0.5) is 0 Å². The van der Waals surface area contributed by atoms with Crippen molar-refractivity contribution in [2.24, 2.45) is 5.92 Å². The Labute approximate surface area is 83.6 Å². The number of hydrogen-bond donors (Lipinski definition) is 0. The van der Waals surface area contributed by atoms with Gasteiger partial charge in [0.05, 0.1) is 0 Å². The van der Waals surface area contributed by atoms with Crippen LogP contribution >= 0.6 is 0 Å². The second kappa shape index (κ2) is 8.43. The fourth-order valence-electron chi connectivity index (χ4n) is 0.801. The van der Waals surface area contributed by atoms with Crippen molar-refractivity contribution in [3.63, 3.8) is 0 Å². The first-order valence-electron chi connectivity index (χ1n) is 4.09. The summed E-state index contributed by atoms with van der Waals surface area (Å²) >= 11 is 0. The molecule has 0 nitrogen and oxygen atoms in total. The fraction of sp³-hybridized carbons (Fsp3) is 0.700. The van der Waals surface area contributed by atoms with E-state index in [1.54, 1.807) is 0 Å². The molecule has 0 aliphatic rings. The van der Waals surface area contributed by atoms with Crippen LogP contribution in [0.25, 0.3) is 0 Å². The van der Waals surface area contributed by atoms with Crippen molar-refractivity contribution in [3.05, 3.63) is 18.6 Å². The average Bonchev–Trinajstić information content (AvgIpc) is 1.87. The van der Waals surface area contributed by atoms with Crippen LogP contribution in [0, 0.1) is 12.8 Å². The van der Waals surface area contributed by atoms with Crippen molar-refractivity contribution in [1.82, 2.24) is 0 Å². The van der Waals surface area contributed by atoms with Crippen LogP contribution < -0.4 is 18.9 Å². The molecule has 60 valence electrons. The summed E-state index contributed by atoms with van der Waals surface area (Å²) in [6, 6.07) is 0. The van der Waals surface area contributed by atoms with Gasteiger partial charge in [0.25, 0.3) is 0 Å². The average molecular weight is 146 g/mol. The molecule has 1 heteroatoms. The smallest absolute Gasteiger partial charge is 0.343 e. The second-order valence-electron chi connectivity index (χ2n) is 3.25. The fourth-order valence-corrected chi connectivity index (χ4v) is 0.801. The third-order valence-corrected chi connectivity index (χ3v) is 1.70. The monoisotopic (exact) mass is 146 g/mol. The van der Waals surface area contributed by atoms with Crippen molar-refractivity contribution in [2.75, 3.05) is 0 Å².